The van der Waals surface area contributed by atoms with Crippen LogP contribution >= 0.6 is 15.9 Å². The second kappa shape index (κ2) is 2.49. The maximum Gasteiger partial charge on any atom is 0.311 e. The fourth-order valence-electron chi connectivity index (χ4n) is 0.556. The Labute approximate surface area is 66.0 Å². The van der Waals surface area contributed by atoms with Gasteiger partial charge in [-0.3, -0.25) is 9.59 Å². The Balaban J connectivity index is 2.89. The van der Waals surface area contributed by atoms with Crippen molar-refractivity contribution >= 4 is 33.8 Å². The Hall–Kier alpha value is -0.710. The van der Waals surface area contributed by atoms with Crippen molar-refractivity contribution in [3.8, 4) is 0 Å². The third-order valence-corrected chi connectivity index (χ3v) is 1.78. The normalized spacial score (nSPS) is 25.8. The number of hydrazone groups is 1. The van der Waals surface area contributed by atoms with Crippen molar-refractivity contribution in [2.75, 3.05) is 7.05 Å². The van der Waals surface area contributed by atoms with Crippen molar-refractivity contribution in [2.45, 2.75) is 4.83 Å². The lowest BCUT2D eigenvalue weighted by atomic mass is 10.2. The molecule has 5 heteroatoms. The Morgan fingerprint density at radius 1 is 1.70 bits per heavy atom. The molecule has 0 aromatic heterocycles. The molecule has 1 aliphatic heterocycles. The molecule has 0 aliphatic carbocycles. The maximum absolute atomic E-state index is 10.8. The molecule has 0 aromatic carbocycles. The summed E-state index contributed by atoms with van der Waals surface area (Å²) in [4.78, 5) is 21.0. The Bertz CT molecular complexity index is 192. The zero-order chi connectivity index (χ0) is 7.72. The van der Waals surface area contributed by atoms with Gasteiger partial charge in [-0.05, 0) is 0 Å². The summed E-state index contributed by atoms with van der Waals surface area (Å²) in [6, 6.07) is 0. The van der Waals surface area contributed by atoms with Gasteiger partial charge in [0.2, 0.25) is 5.78 Å². The molecular weight excluding hydrogens is 200 g/mol. The molecule has 0 bridgehead atoms. The number of rotatable bonds is 0. The summed E-state index contributed by atoms with van der Waals surface area (Å²) in [5, 5.41) is 4.65. The summed E-state index contributed by atoms with van der Waals surface area (Å²) in [5.41, 5.74) is 0. The molecule has 1 rings (SSSR count). The number of carbonyl (C=O) groups excluding carboxylic acids is 2. The van der Waals surface area contributed by atoms with E-state index in [2.05, 4.69) is 21.0 Å². The van der Waals surface area contributed by atoms with Crippen LogP contribution in [-0.4, -0.2) is 34.8 Å². The van der Waals surface area contributed by atoms with Gasteiger partial charge in [0.25, 0.3) is 0 Å². The molecule has 1 amide bonds. The van der Waals surface area contributed by atoms with Crippen molar-refractivity contribution in [3.63, 3.8) is 0 Å². The maximum atomic E-state index is 10.8. The number of hydrogen-bond acceptors (Lipinski definition) is 3. The van der Waals surface area contributed by atoms with E-state index < -0.39 is 16.5 Å². The molecule has 0 fully saturated rings. The summed E-state index contributed by atoms with van der Waals surface area (Å²) in [7, 11) is 1.44. The third kappa shape index (κ3) is 1.09. The van der Waals surface area contributed by atoms with Gasteiger partial charge in [0.15, 0.2) is 0 Å². The van der Waals surface area contributed by atoms with Gasteiger partial charge < -0.3 is 0 Å². The second-order valence-electron chi connectivity index (χ2n) is 1.86. The van der Waals surface area contributed by atoms with E-state index in [1.54, 1.807) is 0 Å². The van der Waals surface area contributed by atoms with Crippen molar-refractivity contribution in [1.82, 2.24) is 5.01 Å². The lowest BCUT2D eigenvalue weighted by Gasteiger charge is -2.15. The standard InChI is InChI=1S/C5H5BrN2O2/c1-8-5(10)4(9)3(6)2-7-8/h2-3H,1H3. The van der Waals surface area contributed by atoms with Crippen LogP contribution in [0.25, 0.3) is 0 Å². The average molecular weight is 205 g/mol. The molecule has 4 nitrogen and oxygen atoms in total. The fourth-order valence-corrected chi connectivity index (χ4v) is 0.858. The number of halogens is 1. The molecule has 0 saturated carbocycles. The van der Waals surface area contributed by atoms with Gasteiger partial charge in [-0.15, -0.1) is 0 Å². The first-order valence-corrected chi connectivity index (χ1v) is 3.54. The third-order valence-electron chi connectivity index (χ3n) is 1.13. The molecule has 1 atom stereocenters. The second-order valence-corrected chi connectivity index (χ2v) is 2.85. The van der Waals surface area contributed by atoms with Gasteiger partial charge in [0.05, 0.1) is 0 Å². The van der Waals surface area contributed by atoms with E-state index >= 15 is 0 Å². The lowest BCUT2D eigenvalue weighted by Crippen LogP contribution is -2.39. The average Bonchev–Trinajstić information content (AvgIpc) is 1.93. The topological polar surface area (TPSA) is 49.7 Å². The summed E-state index contributed by atoms with van der Waals surface area (Å²) in [6.45, 7) is 0. The molecule has 0 saturated heterocycles. The molecule has 1 heterocycles. The highest BCUT2D eigenvalue weighted by molar-refractivity contribution is 9.10. The minimum atomic E-state index is -0.579. The summed E-state index contributed by atoms with van der Waals surface area (Å²) < 4.78 is 0. The molecule has 54 valence electrons. The molecule has 1 aliphatic rings. The summed E-state index contributed by atoms with van der Waals surface area (Å²) in [5.74, 6) is -1.05. The monoisotopic (exact) mass is 204 g/mol. The number of nitrogens with zero attached hydrogens (tertiary/aromatic N) is 2. The van der Waals surface area contributed by atoms with Crippen LogP contribution in [-0.2, 0) is 9.59 Å². The molecule has 0 spiro atoms. The van der Waals surface area contributed by atoms with Crippen LogP contribution in [0.4, 0.5) is 0 Å². The van der Waals surface area contributed by atoms with Crippen LogP contribution in [0.15, 0.2) is 5.10 Å². The molecule has 10 heavy (non-hydrogen) atoms. The van der Waals surface area contributed by atoms with E-state index in [1.165, 1.54) is 13.3 Å². The number of ketones is 1. The van der Waals surface area contributed by atoms with Gasteiger partial charge in [0.1, 0.15) is 4.83 Å². The smallest absolute Gasteiger partial charge is 0.287 e. The van der Waals surface area contributed by atoms with Crippen molar-refractivity contribution in [3.05, 3.63) is 0 Å². The molecule has 1 unspecified atom stereocenters. The van der Waals surface area contributed by atoms with E-state index in [-0.39, 0.29) is 0 Å². The Kier molecular flexibility index (Phi) is 1.85. The van der Waals surface area contributed by atoms with Gasteiger partial charge in [-0.2, -0.15) is 5.10 Å². The Morgan fingerprint density at radius 3 is 2.80 bits per heavy atom. The van der Waals surface area contributed by atoms with E-state index in [0.29, 0.717) is 0 Å². The van der Waals surface area contributed by atoms with E-state index in [9.17, 15) is 9.59 Å². The number of Topliss-reactive ketones (excluding diaryl/α,β-unsaturated/α-hetero) is 1. The molecular formula is C5H5BrN2O2. The first-order chi connectivity index (χ1) is 4.63. The van der Waals surface area contributed by atoms with Crippen LogP contribution in [0.2, 0.25) is 0 Å². The van der Waals surface area contributed by atoms with Gasteiger partial charge in [-0.1, -0.05) is 15.9 Å². The van der Waals surface area contributed by atoms with Crippen molar-refractivity contribution in [1.29, 1.82) is 0 Å². The quantitative estimate of drug-likeness (QED) is 0.405. The van der Waals surface area contributed by atoms with Crippen LogP contribution < -0.4 is 0 Å². The van der Waals surface area contributed by atoms with Gasteiger partial charge in [0, 0.05) is 13.3 Å². The predicted molar refractivity (Wildman–Crippen MR) is 39.0 cm³/mol. The van der Waals surface area contributed by atoms with Crippen molar-refractivity contribution < 1.29 is 9.59 Å². The zero-order valence-electron chi connectivity index (χ0n) is 5.24. The summed E-state index contributed by atoms with van der Waals surface area (Å²) >= 11 is 2.98. The van der Waals surface area contributed by atoms with Gasteiger partial charge >= 0.3 is 5.91 Å². The fraction of sp³-hybridized carbons (Fsp3) is 0.400. The molecule has 0 aromatic rings. The first-order valence-electron chi connectivity index (χ1n) is 2.63. The molecule has 0 radical (unpaired) electrons. The number of hydrogen-bond donors (Lipinski definition) is 0. The zero-order valence-corrected chi connectivity index (χ0v) is 6.83. The first kappa shape index (κ1) is 7.40. The molecule has 0 N–H and O–H groups in total. The number of carbonyl (C=O) groups is 2. The minimum absolute atomic E-state index is 0.475. The number of amides is 1. The minimum Gasteiger partial charge on any atom is -0.287 e. The van der Waals surface area contributed by atoms with Crippen molar-refractivity contribution in [2.24, 2.45) is 5.10 Å². The number of alkyl halides is 1. The van der Waals surface area contributed by atoms with Crippen LogP contribution in [0.3, 0.4) is 0 Å². The summed E-state index contributed by atoms with van der Waals surface area (Å²) in [6.07, 6.45) is 1.38. The van der Waals surface area contributed by atoms with E-state index in [0.717, 1.165) is 5.01 Å². The predicted octanol–water partition coefficient (Wildman–Crippen LogP) is -0.223. The van der Waals surface area contributed by atoms with Gasteiger partial charge in [-0.25, -0.2) is 5.01 Å². The van der Waals surface area contributed by atoms with Crippen LogP contribution in [0.5, 0.6) is 0 Å². The Morgan fingerprint density at radius 2 is 2.30 bits per heavy atom. The van der Waals surface area contributed by atoms with E-state index in [4.69, 9.17) is 0 Å². The van der Waals surface area contributed by atoms with Crippen LogP contribution in [0, 0.1) is 0 Å². The lowest BCUT2D eigenvalue weighted by molar-refractivity contribution is -0.143. The largest absolute Gasteiger partial charge is 0.311 e. The van der Waals surface area contributed by atoms with E-state index in [1.807, 2.05) is 0 Å². The highest BCUT2D eigenvalue weighted by Gasteiger charge is 2.28. The highest BCUT2D eigenvalue weighted by atomic mass is 79.9. The van der Waals surface area contributed by atoms with Crippen LogP contribution in [0.1, 0.15) is 0 Å². The highest BCUT2D eigenvalue weighted by Crippen LogP contribution is 2.05. The SMILES string of the molecule is CN1N=CC(Br)C(=O)C1=O. The number of likely N-dealkylation sites (N-methyl/N-ethyl adjacent to an activating group) is 1.